The number of benzene rings is 1. The summed E-state index contributed by atoms with van der Waals surface area (Å²) >= 11 is 3.51. The van der Waals surface area contributed by atoms with Crippen molar-refractivity contribution >= 4 is 21.7 Å². The summed E-state index contributed by atoms with van der Waals surface area (Å²) in [5, 5.41) is 0. The molecule has 4 nitrogen and oxygen atoms in total. The maximum atomic E-state index is 12.8. The van der Waals surface area contributed by atoms with E-state index in [9.17, 15) is 4.79 Å². The zero-order chi connectivity index (χ0) is 14.9. The van der Waals surface area contributed by atoms with Crippen molar-refractivity contribution in [1.29, 1.82) is 0 Å². The molecule has 0 bridgehead atoms. The van der Waals surface area contributed by atoms with E-state index in [-0.39, 0.29) is 5.78 Å². The summed E-state index contributed by atoms with van der Waals surface area (Å²) in [5.41, 5.74) is 1.42. The SMILES string of the molecule is COC1(C(=O)Cc2cc(Br)cc3c2OCC3)CCOCC1. The number of halogens is 1. The number of rotatable bonds is 4. The number of carbonyl (C=O) groups is 1. The quantitative estimate of drug-likeness (QED) is 0.833. The van der Waals surface area contributed by atoms with Crippen molar-refractivity contribution in [3.63, 3.8) is 0 Å². The molecular weight excluding hydrogens is 336 g/mol. The molecule has 3 rings (SSSR count). The number of Topliss-reactive ketones (excluding diaryl/α,β-unsaturated/α-hetero) is 1. The molecule has 1 fully saturated rings. The van der Waals surface area contributed by atoms with Crippen LogP contribution in [0.15, 0.2) is 16.6 Å². The van der Waals surface area contributed by atoms with Gasteiger partial charge < -0.3 is 14.2 Å². The van der Waals surface area contributed by atoms with Crippen LogP contribution in [0.1, 0.15) is 24.0 Å². The van der Waals surface area contributed by atoms with Crippen LogP contribution < -0.4 is 4.74 Å². The molecule has 0 saturated carbocycles. The summed E-state index contributed by atoms with van der Waals surface area (Å²) in [6.07, 6.45) is 2.49. The zero-order valence-electron chi connectivity index (χ0n) is 12.1. The van der Waals surface area contributed by atoms with Crippen LogP contribution in [0.4, 0.5) is 0 Å². The van der Waals surface area contributed by atoms with E-state index < -0.39 is 5.60 Å². The monoisotopic (exact) mass is 354 g/mol. The van der Waals surface area contributed by atoms with Crippen LogP contribution in [-0.4, -0.2) is 38.3 Å². The molecule has 1 aromatic carbocycles. The topological polar surface area (TPSA) is 44.8 Å². The van der Waals surface area contributed by atoms with Crippen LogP contribution in [0, 0.1) is 0 Å². The zero-order valence-corrected chi connectivity index (χ0v) is 13.7. The van der Waals surface area contributed by atoms with E-state index in [1.165, 1.54) is 5.56 Å². The fraction of sp³-hybridized carbons (Fsp3) is 0.562. The number of hydrogen-bond acceptors (Lipinski definition) is 4. The number of hydrogen-bond donors (Lipinski definition) is 0. The Balaban J connectivity index is 1.84. The Morgan fingerprint density at radius 1 is 1.33 bits per heavy atom. The third-order valence-electron chi connectivity index (χ3n) is 4.38. The summed E-state index contributed by atoms with van der Waals surface area (Å²) < 4.78 is 17.6. The molecular formula is C16H19BrO4. The Bertz CT molecular complexity index is 549. The van der Waals surface area contributed by atoms with Crippen LogP contribution >= 0.6 is 15.9 Å². The van der Waals surface area contributed by atoms with Crippen molar-refractivity contribution in [3.05, 3.63) is 27.7 Å². The Labute approximate surface area is 132 Å². The van der Waals surface area contributed by atoms with Crippen LogP contribution in [0.5, 0.6) is 5.75 Å². The van der Waals surface area contributed by atoms with Gasteiger partial charge in [-0.25, -0.2) is 0 Å². The Kier molecular flexibility index (Phi) is 4.33. The first-order valence-electron chi connectivity index (χ1n) is 7.25. The average Bonchev–Trinajstić information content (AvgIpc) is 2.96. The van der Waals surface area contributed by atoms with Crippen molar-refractivity contribution in [2.45, 2.75) is 31.3 Å². The van der Waals surface area contributed by atoms with E-state index in [4.69, 9.17) is 14.2 Å². The molecule has 21 heavy (non-hydrogen) atoms. The molecule has 1 aromatic rings. The summed E-state index contributed by atoms with van der Waals surface area (Å²) in [6.45, 7) is 1.84. The van der Waals surface area contributed by atoms with Crippen LogP contribution in [0.2, 0.25) is 0 Å². The Hall–Kier alpha value is -0.910. The van der Waals surface area contributed by atoms with E-state index in [2.05, 4.69) is 22.0 Å². The average molecular weight is 355 g/mol. The van der Waals surface area contributed by atoms with Gasteiger partial charge in [-0.1, -0.05) is 15.9 Å². The minimum Gasteiger partial charge on any atom is -0.493 e. The highest BCUT2D eigenvalue weighted by Gasteiger charge is 2.40. The molecule has 0 aliphatic carbocycles. The van der Waals surface area contributed by atoms with Crippen LogP contribution in [0.3, 0.4) is 0 Å². The van der Waals surface area contributed by atoms with E-state index in [1.54, 1.807) is 7.11 Å². The summed E-state index contributed by atoms with van der Waals surface area (Å²) in [4.78, 5) is 12.8. The molecule has 2 aliphatic heterocycles. The van der Waals surface area contributed by atoms with Crippen molar-refractivity contribution < 1.29 is 19.0 Å². The van der Waals surface area contributed by atoms with Gasteiger partial charge in [0.15, 0.2) is 5.78 Å². The number of ketones is 1. The fourth-order valence-electron chi connectivity index (χ4n) is 3.11. The fourth-order valence-corrected chi connectivity index (χ4v) is 3.66. The van der Waals surface area contributed by atoms with Gasteiger partial charge in [-0.05, 0) is 17.7 Å². The first-order valence-corrected chi connectivity index (χ1v) is 8.04. The maximum absolute atomic E-state index is 12.8. The van der Waals surface area contributed by atoms with Crippen molar-refractivity contribution in [1.82, 2.24) is 0 Å². The molecule has 5 heteroatoms. The molecule has 0 spiro atoms. The van der Waals surface area contributed by atoms with Crippen LogP contribution in [0.25, 0.3) is 0 Å². The molecule has 0 aromatic heterocycles. The lowest BCUT2D eigenvalue weighted by Crippen LogP contribution is -2.46. The molecule has 1 saturated heterocycles. The highest BCUT2D eigenvalue weighted by molar-refractivity contribution is 9.10. The lowest BCUT2D eigenvalue weighted by molar-refractivity contribution is -0.152. The van der Waals surface area contributed by atoms with Crippen molar-refractivity contribution in [2.24, 2.45) is 0 Å². The number of ether oxygens (including phenoxy) is 3. The van der Waals surface area contributed by atoms with Crippen molar-refractivity contribution in [3.8, 4) is 5.75 Å². The highest BCUT2D eigenvalue weighted by atomic mass is 79.9. The number of fused-ring (bicyclic) bond motifs is 1. The van der Waals surface area contributed by atoms with Gasteiger partial charge in [-0.15, -0.1) is 0 Å². The second-order valence-corrected chi connectivity index (χ2v) is 6.48. The van der Waals surface area contributed by atoms with E-state index in [0.29, 0.717) is 39.1 Å². The van der Waals surface area contributed by atoms with Gasteiger partial charge in [-0.3, -0.25) is 4.79 Å². The third-order valence-corrected chi connectivity index (χ3v) is 4.83. The van der Waals surface area contributed by atoms with E-state index >= 15 is 0 Å². The summed E-state index contributed by atoms with van der Waals surface area (Å²) in [7, 11) is 1.62. The second kappa shape index (κ2) is 6.07. The molecule has 2 aliphatic rings. The minimum atomic E-state index is -0.702. The molecule has 0 radical (unpaired) electrons. The predicted octanol–water partition coefficient (Wildman–Crippen LogP) is 2.69. The third kappa shape index (κ3) is 2.87. The summed E-state index contributed by atoms with van der Waals surface area (Å²) in [6, 6.07) is 4.04. The maximum Gasteiger partial charge on any atom is 0.169 e. The standard InChI is InChI=1S/C16H19BrO4/c1-19-16(3-6-20-7-4-16)14(18)10-12-9-13(17)8-11-2-5-21-15(11)12/h8-9H,2-7,10H2,1H3. The van der Waals surface area contributed by atoms with Crippen LogP contribution in [-0.2, 0) is 27.1 Å². The van der Waals surface area contributed by atoms with Gasteiger partial charge in [0.2, 0.25) is 0 Å². The Morgan fingerprint density at radius 3 is 2.81 bits per heavy atom. The van der Waals surface area contributed by atoms with Gasteiger partial charge in [0.05, 0.1) is 6.61 Å². The van der Waals surface area contributed by atoms with Gasteiger partial charge in [0.1, 0.15) is 11.4 Å². The first-order chi connectivity index (χ1) is 10.1. The first kappa shape index (κ1) is 15.0. The van der Waals surface area contributed by atoms with Gasteiger partial charge in [0, 0.05) is 56.0 Å². The van der Waals surface area contributed by atoms with Gasteiger partial charge >= 0.3 is 0 Å². The lowest BCUT2D eigenvalue weighted by Gasteiger charge is -2.34. The molecule has 0 atom stereocenters. The highest BCUT2D eigenvalue weighted by Crippen LogP contribution is 2.35. The molecule has 0 unspecified atom stereocenters. The summed E-state index contributed by atoms with van der Waals surface area (Å²) in [5.74, 6) is 0.994. The smallest absolute Gasteiger partial charge is 0.169 e. The van der Waals surface area contributed by atoms with Crippen molar-refractivity contribution in [2.75, 3.05) is 26.9 Å². The molecule has 0 amide bonds. The van der Waals surface area contributed by atoms with E-state index in [0.717, 1.165) is 22.2 Å². The molecule has 0 N–H and O–H groups in total. The predicted molar refractivity (Wildman–Crippen MR) is 81.8 cm³/mol. The molecule has 114 valence electrons. The van der Waals surface area contributed by atoms with Gasteiger partial charge in [0.25, 0.3) is 0 Å². The largest absolute Gasteiger partial charge is 0.493 e. The lowest BCUT2D eigenvalue weighted by atomic mass is 9.85. The number of carbonyl (C=O) groups excluding carboxylic acids is 1. The van der Waals surface area contributed by atoms with E-state index in [1.807, 2.05) is 6.07 Å². The number of methoxy groups -OCH3 is 1. The Morgan fingerprint density at radius 2 is 2.10 bits per heavy atom. The van der Waals surface area contributed by atoms with Gasteiger partial charge in [-0.2, -0.15) is 0 Å². The molecule has 2 heterocycles. The second-order valence-electron chi connectivity index (χ2n) is 5.56. The minimum absolute atomic E-state index is 0.115. The normalized spacial score (nSPS) is 19.9.